The Morgan fingerprint density at radius 2 is 1.65 bits per heavy atom. The molecule has 2 saturated heterocycles. The fourth-order valence-electron chi connectivity index (χ4n) is 3.82. The molecule has 2 aliphatic rings. The van der Waals surface area contributed by atoms with Crippen LogP contribution in [0.4, 0.5) is 5.82 Å². The summed E-state index contributed by atoms with van der Waals surface area (Å²) in [5.74, 6) is 0.138. The molecule has 0 aliphatic carbocycles. The highest BCUT2D eigenvalue weighted by Crippen LogP contribution is 2.30. The number of H-pyrrole nitrogens is 1. The molecule has 2 fully saturated rings. The standard InChI is InChI=1S/C10H12N4O4.C9H13N3O4/c15-2-6-5(16)1-7(18-6)14-4-13-8-9(14)11-3-12-10(8)17;10-7-1-2-12(9(15)11-7)8-3-5(14)6(4-13)16-8/h3-7,15-16H,1-2H2,(H,11,12,17);1-2,5-6,8,13-14H,3-4H2,(H2,10,11,15)/t5-,6+,7+;5-,6+,8+/m00/s1. The van der Waals surface area contributed by atoms with Gasteiger partial charge in [0.15, 0.2) is 11.2 Å². The maximum atomic E-state index is 11.5. The molecule has 5 heterocycles. The number of nitrogens with two attached hydrogens (primary N) is 1. The van der Waals surface area contributed by atoms with Gasteiger partial charge in [0, 0.05) is 19.0 Å². The van der Waals surface area contributed by atoms with Crippen LogP contribution in [0.5, 0.6) is 0 Å². The molecule has 5 rings (SSSR count). The number of aromatic amines is 1. The summed E-state index contributed by atoms with van der Waals surface area (Å²) in [6, 6.07) is 1.48. The van der Waals surface area contributed by atoms with Gasteiger partial charge in [0.2, 0.25) is 0 Å². The maximum absolute atomic E-state index is 11.5. The van der Waals surface area contributed by atoms with Gasteiger partial charge in [0.05, 0.1) is 38.1 Å². The van der Waals surface area contributed by atoms with E-state index >= 15 is 0 Å². The van der Waals surface area contributed by atoms with Crippen molar-refractivity contribution in [1.82, 2.24) is 29.1 Å². The quantitative estimate of drug-likeness (QED) is 0.224. The number of nitrogen functional groups attached to an aromatic ring is 1. The largest absolute Gasteiger partial charge is 0.394 e. The van der Waals surface area contributed by atoms with Crippen LogP contribution in [0, 0.1) is 0 Å². The Kier molecular flexibility index (Phi) is 7.01. The molecular weight excluding hydrogens is 454 g/mol. The van der Waals surface area contributed by atoms with E-state index in [9.17, 15) is 19.8 Å². The van der Waals surface area contributed by atoms with E-state index in [2.05, 4.69) is 19.9 Å². The van der Waals surface area contributed by atoms with Crippen molar-refractivity contribution in [3.8, 4) is 0 Å². The summed E-state index contributed by atoms with van der Waals surface area (Å²) in [5.41, 5.74) is 5.12. The highest BCUT2D eigenvalue weighted by molar-refractivity contribution is 5.68. The van der Waals surface area contributed by atoms with E-state index in [4.69, 9.17) is 25.4 Å². The van der Waals surface area contributed by atoms with Crippen molar-refractivity contribution in [2.24, 2.45) is 0 Å². The summed E-state index contributed by atoms with van der Waals surface area (Å²) < 4.78 is 13.6. The molecule has 3 aromatic rings. The molecule has 7 N–H and O–H groups in total. The zero-order valence-corrected chi connectivity index (χ0v) is 17.8. The smallest absolute Gasteiger partial charge is 0.351 e. The van der Waals surface area contributed by atoms with Crippen molar-refractivity contribution < 1.29 is 29.9 Å². The number of rotatable bonds is 4. The van der Waals surface area contributed by atoms with Gasteiger partial charge in [-0.05, 0) is 6.07 Å². The Labute approximate surface area is 191 Å². The van der Waals surface area contributed by atoms with Gasteiger partial charge in [-0.3, -0.25) is 13.9 Å². The SMILES string of the molecule is Nc1ccn([C@H]2C[C@H](O)[C@@H](CO)O2)c(=O)n1.O=c1[nH]cnc2c1ncn2[C@H]1C[C@H](O)[C@@H](CO)O1. The van der Waals surface area contributed by atoms with Gasteiger partial charge in [0.1, 0.15) is 30.5 Å². The second-order valence-electron chi connectivity index (χ2n) is 7.83. The highest BCUT2D eigenvalue weighted by atomic mass is 16.5. The van der Waals surface area contributed by atoms with Crippen LogP contribution >= 0.6 is 0 Å². The minimum atomic E-state index is -0.778. The molecule has 0 aromatic carbocycles. The Morgan fingerprint density at radius 1 is 1.03 bits per heavy atom. The number of nitrogens with zero attached hydrogens (tertiary/aromatic N) is 5. The molecule has 15 nitrogen and oxygen atoms in total. The topological polar surface area (TPSA) is 224 Å². The Hall–Kier alpha value is -3.21. The number of aliphatic hydroxyl groups is 4. The van der Waals surface area contributed by atoms with E-state index in [0.717, 1.165) is 0 Å². The van der Waals surface area contributed by atoms with Crippen LogP contribution in [0.25, 0.3) is 11.2 Å². The third kappa shape index (κ3) is 4.70. The summed E-state index contributed by atoms with van der Waals surface area (Å²) >= 11 is 0. The van der Waals surface area contributed by atoms with Crippen LogP contribution in [-0.4, -0.2) is 87.1 Å². The first-order chi connectivity index (χ1) is 16.3. The van der Waals surface area contributed by atoms with Gasteiger partial charge in [-0.15, -0.1) is 0 Å². The van der Waals surface area contributed by atoms with Crippen molar-refractivity contribution in [3.63, 3.8) is 0 Å². The zero-order chi connectivity index (χ0) is 24.4. The lowest BCUT2D eigenvalue weighted by Crippen LogP contribution is -2.27. The molecule has 0 spiro atoms. The van der Waals surface area contributed by atoms with E-state index < -0.39 is 42.6 Å². The van der Waals surface area contributed by atoms with Gasteiger partial charge in [-0.1, -0.05) is 0 Å². The van der Waals surface area contributed by atoms with E-state index in [1.165, 1.54) is 29.5 Å². The van der Waals surface area contributed by atoms with Crippen molar-refractivity contribution in [3.05, 3.63) is 45.8 Å². The number of ether oxygens (including phenoxy) is 2. The summed E-state index contributed by atoms with van der Waals surface area (Å²) in [6.07, 6.45) is 0.901. The molecule has 34 heavy (non-hydrogen) atoms. The molecule has 0 unspecified atom stereocenters. The van der Waals surface area contributed by atoms with Gasteiger partial charge in [-0.25, -0.2) is 14.8 Å². The molecule has 0 radical (unpaired) electrons. The summed E-state index contributed by atoms with van der Waals surface area (Å²) in [7, 11) is 0. The number of aliphatic hydroxyl groups excluding tert-OH is 4. The van der Waals surface area contributed by atoms with Crippen molar-refractivity contribution in [2.45, 2.75) is 49.7 Å². The van der Waals surface area contributed by atoms with Gasteiger partial charge in [0.25, 0.3) is 5.56 Å². The van der Waals surface area contributed by atoms with Crippen LogP contribution in [0.1, 0.15) is 25.3 Å². The van der Waals surface area contributed by atoms with E-state index in [1.54, 1.807) is 4.57 Å². The number of imidazole rings is 1. The van der Waals surface area contributed by atoms with E-state index in [0.29, 0.717) is 12.1 Å². The van der Waals surface area contributed by atoms with Crippen LogP contribution in [0.3, 0.4) is 0 Å². The Balaban J connectivity index is 0.000000162. The van der Waals surface area contributed by atoms with Crippen LogP contribution in [-0.2, 0) is 9.47 Å². The summed E-state index contributed by atoms with van der Waals surface area (Å²) in [4.78, 5) is 37.0. The Morgan fingerprint density at radius 3 is 2.21 bits per heavy atom. The summed E-state index contributed by atoms with van der Waals surface area (Å²) in [5, 5.41) is 37.1. The minimum Gasteiger partial charge on any atom is -0.394 e. The number of hydrogen-bond acceptors (Lipinski definition) is 12. The molecule has 2 aliphatic heterocycles. The van der Waals surface area contributed by atoms with E-state index in [1.807, 2.05) is 0 Å². The first-order valence-corrected chi connectivity index (χ1v) is 10.5. The molecule has 0 saturated carbocycles. The Bertz CT molecular complexity index is 1240. The first kappa shape index (κ1) is 23.9. The second kappa shape index (κ2) is 9.96. The highest BCUT2D eigenvalue weighted by Gasteiger charge is 2.36. The molecule has 15 heteroatoms. The van der Waals surface area contributed by atoms with Gasteiger partial charge >= 0.3 is 5.69 Å². The molecule has 3 aromatic heterocycles. The lowest BCUT2D eigenvalue weighted by atomic mass is 10.2. The third-order valence-corrected chi connectivity index (χ3v) is 5.61. The average Bonchev–Trinajstić information content (AvgIpc) is 3.51. The predicted molar refractivity (Wildman–Crippen MR) is 114 cm³/mol. The molecule has 0 bridgehead atoms. The fourth-order valence-corrected chi connectivity index (χ4v) is 3.82. The van der Waals surface area contributed by atoms with Crippen LogP contribution in [0.2, 0.25) is 0 Å². The predicted octanol–water partition coefficient (Wildman–Crippen LogP) is -2.77. The number of fused-ring (bicyclic) bond motifs is 1. The first-order valence-electron chi connectivity index (χ1n) is 10.5. The number of anilines is 1. The normalized spacial score (nSPS) is 28.7. The third-order valence-electron chi connectivity index (χ3n) is 5.61. The average molecular weight is 479 g/mol. The minimum absolute atomic E-state index is 0.138. The van der Waals surface area contributed by atoms with E-state index in [-0.39, 0.29) is 36.5 Å². The number of nitrogens with one attached hydrogen (secondary N) is 1. The molecule has 0 amide bonds. The van der Waals surface area contributed by atoms with Crippen LogP contribution < -0.4 is 17.0 Å². The van der Waals surface area contributed by atoms with Crippen molar-refractivity contribution >= 4 is 17.0 Å². The lowest BCUT2D eigenvalue weighted by Gasteiger charge is -2.13. The van der Waals surface area contributed by atoms with Crippen LogP contribution in [0.15, 0.2) is 34.5 Å². The van der Waals surface area contributed by atoms with Crippen molar-refractivity contribution in [1.29, 1.82) is 0 Å². The fraction of sp³-hybridized carbons (Fsp3) is 0.526. The molecular formula is C19H25N7O8. The molecule has 184 valence electrons. The van der Waals surface area contributed by atoms with Gasteiger partial charge in [-0.2, -0.15) is 4.98 Å². The number of hydrogen-bond donors (Lipinski definition) is 6. The van der Waals surface area contributed by atoms with Gasteiger partial charge < -0.3 is 40.6 Å². The van der Waals surface area contributed by atoms with Crippen molar-refractivity contribution in [2.75, 3.05) is 18.9 Å². The maximum Gasteiger partial charge on any atom is 0.351 e. The zero-order valence-electron chi connectivity index (χ0n) is 17.8. The monoisotopic (exact) mass is 479 g/mol. The molecule has 6 atom stereocenters. The number of aromatic nitrogens is 6. The lowest BCUT2D eigenvalue weighted by molar-refractivity contribution is -0.0458. The second-order valence-corrected chi connectivity index (χ2v) is 7.83. The summed E-state index contributed by atoms with van der Waals surface area (Å²) in [6.45, 7) is -0.535.